The van der Waals surface area contributed by atoms with Gasteiger partial charge in [-0.3, -0.25) is 4.79 Å². The van der Waals surface area contributed by atoms with E-state index in [1.165, 1.54) is 6.42 Å². The number of tetrazole rings is 1. The fourth-order valence-corrected chi connectivity index (χ4v) is 6.05. The standard InChI is InChI=1S/C18H30N6O/c1-11(2)4-15(19)16(25)20-17-6-13-5-14(7-17)9-18(8-13,10-17)24-22-12(3)21-23-24/h11,13-15H,4-10,19H2,1-3H3,(H,20,25)/t13-,14-,15+,17?,18?/m0/s1. The van der Waals surface area contributed by atoms with E-state index in [-0.39, 0.29) is 17.0 Å². The SMILES string of the molecule is Cc1nnn(C23C[C@H]4C[C@@H](CC(NC(=O)[C@H](N)CC(C)C)(C4)C2)C3)n1. The lowest BCUT2D eigenvalue weighted by Crippen LogP contribution is -2.67. The molecule has 0 saturated heterocycles. The zero-order valence-electron chi connectivity index (χ0n) is 15.5. The van der Waals surface area contributed by atoms with Gasteiger partial charge in [0.2, 0.25) is 5.91 Å². The smallest absolute Gasteiger partial charge is 0.237 e. The molecule has 0 unspecified atom stereocenters. The van der Waals surface area contributed by atoms with Gasteiger partial charge in [0.05, 0.1) is 11.6 Å². The van der Waals surface area contributed by atoms with Gasteiger partial charge in [0, 0.05) is 5.54 Å². The Morgan fingerprint density at radius 3 is 2.56 bits per heavy atom. The molecule has 7 heteroatoms. The second-order valence-corrected chi connectivity index (χ2v) is 9.32. The van der Waals surface area contributed by atoms with E-state index in [0.29, 0.717) is 23.6 Å². The Morgan fingerprint density at radius 2 is 2.00 bits per heavy atom. The molecule has 3 N–H and O–H groups in total. The Balaban J connectivity index is 1.57. The maximum absolute atomic E-state index is 12.7. The summed E-state index contributed by atoms with van der Waals surface area (Å²) < 4.78 is 0. The van der Waals surface area contributed by atoms with Gasteiger partial charge in [-0.2, -0.15) is 4.80 Å². The van der Waals surface area contributed by atoms with Gasteiger partial charge in [0.1, 0.15) is 0 Å². The predicted octanol–water partition coefficient (Wildman–Crippen LogP) is 1.52. The summed E-state index contributed by atoms with van der Waals surface area (Å²) in [6, 6.07) is -0.421. The van der Waals surface area contributed by atoms with Crippen molar-refractivity contribution in [3.8, 4) is 0 Å². The summed E-state index contributed by atoms with van der Waals surface area (Å²) in [7, 11) is 0. The quantitative estimate of drug-likeness (QED) is 0.842. The zero-order valence-corrected chi connectivity index (χ0v) is 15.5. The average Bonchev–Trinajstić information content (AvgIpc) is 2.92. The van der Waals surface area contributed by atoms with Crippen LogP contribution in [0.5, 0.6) is 0 Å². The first-order valence-corrected chi connectivity index (χ1v) is 9.64. The molecule has 4 bridgehead atoms. The van der Waals surface area contributed by atoms with Crippen LogP contribution in [0.2, 0.25) is 0 Å². The third kappa shape index (κ3) is 2.96. The summed E-state index contributed by atoms with van der Waals surface area (Å²) in [6.45, 7) is 6.09. The summed E-state index contributed by atoms with van der Waals surface area (Å²) in [5.41, 5.74) is 5.92. The van der Waals surface area contributed by atoms with Crippen LogP contribution >= 0.6 is 0 Å². The molecule has 1 amide bonds. The van der Waals surface area contributed by atoms with E-state index in [0.717, 1.165) is 38.5 Å². The monoisotopic (exact) mass is 346 g/mol. The molecular formula is C18H30N6O. The maximum atomic E-state index is 12.7. The van der Waals surface area contributed by atoms with Gasteiger partial charge in [-0.1, -0.05) is 13.8 Å². The number of rotatable bonds is 5. The molecule has 5 rings (SSSR count). The third-order valence-corrected chi connectivity index (χ3v) is 6.42. The zero-order chi connectivity index (χ0) is 17.8. The summed E-state index contributed by atoms with van der Waals surface area (Å²) in [5, 5.41) is 16.3. The second kappa shape index (κ2) is 5.76. The van der Waals surface area contributed by atoms with Crippen LogP contribution in [0.3, 0.4) is 0 Å². The molecule has 7 nitrogen and oxygen atoms in total. The molecular weight excluding hydrogens is 316 g/mol. The van der Waals surface area contributed by atoms with Gasteiger partial charge in [-0.05, 0) is 74.8 Å². The lowest BCUT2D eigenvalue weighted by Gasteiger charge is -2.61. The van der Waals surface area contributed by atoms with E-state index in [1.807, 2.05) is 11.7 Å². The fraction of sp³-hybridized carbons (Fsp3) is 0.889. The van der Waals surface area contributed by atoms with Crippen LogP contribution in [0.15, 0.2) is 0 Å². The minimum Gasteiger partial charge on any atom is -0.349 e. The first-order chi connectivity index (χ1) is 11.8. The van der Waals surface area contributed by atoms with Crippen LogP contribution in [0.25, 0.3) is 0 Å². The van der Waals surface area contributed by atoms with E-state index < -0.39 is 6.04 Å². The number of aromatic nitrogens is 4. The molecule has 4 fully saturated rings. The Labute approximate surface area is 149 Å². The molecule has 25 heavy (non-hydrogen) atoms. The Hall–Kier alpha value is -1.50. The molecule has 0 spiro atoms. The number of nitrogens with two attached hydrogens (primary N) is 1. The molecule has 138 valence electrons. The van der Waals surface area contributed by atoms with Crippen molar-refractivity contribution in [2.75, 3.05) is 0 Å². The summed E-state index contributed by atoms with van der Waals surface area (Å²) in [5.74, 6) is 2.41. The number of carbonyl (C=O) groups is 1. The maximum Gasteiger partial charge on any atom is 0.237 e. The molecule has 1 aromatic rings. The molecule has 3 atom stereocenters. The first-order valence-electron chi connectivity index (χ1n) is 9.64. The van der Waals surface area contributed by atoms with Gasteiger partial charge in [0.25, 0.3) is 0 Å². The van der Waals surface area contributed by atoms with Crippen LogP contribution in [0.4, 0.5) is 0 Å². The van der Waals surface area contributed by atoms with Crippen molar-refractivity contribution in [2.24, 2.45) is 23.5 Å². The molecule has 0 aromatic carbocycles. The number of carbonyl (C=O) groups excluding carboxylic acids is 1. The lowest BCUT2D eigenvalue weighted by molar-refractivity contribution is -0.133. The number of amides is 1. The molecule has 0 radical (unpaired) electrons. The third-order valence-electron chi connectivity index (χ3n) is 6.42. The van der Waals surface area contributed by atoms with Crippen molar-refractivity contribution in [1.29, 1.82) is 0 Å². The molecule has 1 heterocycles. The van der Waals surface area contributed by atoms with E-state index in [1.54, 1.807) is 0 Å². The molecule has 1 aromatic heterocycles. The molecule has 4 saturated carbocycles. The largest absolute Gasteiger partial charge is 0.349 e. The van der Waals surface area contributed by atoms with E-state index in [4.69, 9.17) is 5.73 Å². The van der Waals surface area contributed by atoms with Crippen LogP contribution in [0.1, 0.15) is 64.6 Å². The second-order valence-electron chi connectivity index (χ2n) is 9.32. The minimum absolute atomic E-state index is 0.00790. The van der Waals surface area contributed by atoms with Gasteiger partial charge in [-0.15, -0.1) is 10.2 Å². The van der Waals surface area contributed by atoms with Crippen molar-refractivity contribution in [3.05, 3.63) is 5.82 Å². The number of hydrogen-bond acceptors (Lipinski definition) is 5. The normalized spacial score (nSPS) is 37.5. The van der Waals surface area contributed by atoms with Gasteiger partial charge in [-0.25, -0.2) is 0 Å². The van der Waals surface area contributed by atoms with E-state index >= 15 is 0 Å². The van der Waals surface area contributed by atoms with Crippen LogP contribution in [-0.2, 0) is 10.3 Å². The lowest BCUT2D eigenvalue weighted by atomic mass is 9.50. The molecule has 4 aliphatic carbocycles. The molecule has 0 aliphatic heterocycles. The van der Waals surface area contributed by atoms with Crippen molar-refractivity contribution in [3.63, 3.8) is 0 Å². The topological polar surface area (TPSA) is 98.7 Å². The van der Waals surface area contributed by atoms with Gasteiger partial charge in [0.15, 0.2) is 5.82 Å². The average molecular weight is 346 g/mol. The Morgan fingerprint density at radius 1 is 1.32 bits per heavy atom. The predicted molar refractivity (Wildman–Crippen MR) is 93.5 cm³/mol. The van der Waals surface area contributed by atoms with Crippen molar-refractivity contribution in [2.45, 2.75) is 82.8 Å². The minimum atomic E-state index is -0.421. The van der Waals surface area contributed by atoms with Crippen molar-refractivity contribution >= 4 is 5.91 Å². The van der Waals surface area contributed by atoms with Crippen LogP contribution in [-0.4, -0.2) is 37.7 Å². The van der Waals surface area contributed by atoms with Gasteiger partial charge < -0.3 is 11.1 Å². The highest BCUT2D eigenvalue weighted by molar-refractivity contribution is 5.82. The highest BCUT2D eigenvalue weighted by Crippen LogP contribution is 2.60. The van der Waals surface area contributed by atoms with E-state index in [2.05, 4.69) is 34.6 Å². The van der Waals surface area contributed by atoms with Crippen LogP contribution < -0.4 is 11.1 Å². The Kier molecular flexibility index (Phi) is 3.90. The van der Waals surface area contributed by atoms with Crippen molar-refractivity contribution in [1.82, 2.24) is 25.5 Å². The van der Waals surface area contributed by atoms with Crippen LogP contribution in [0, 0.1) is 24.7 Å². The van der Waals surface area contributed by atoms with Crippen molar-refractivity contribution < 1.29 is 4.79 Å². The number of nitrogens with zero attached hydrogens (tertiary/aromatic N) is 4. The highest BCUT2D eigenvalue weighted by atomic mass is 16.2. The number of aryl methyl sites for hydroxylation is 1. The first kappa shape index (κ1) is 16.9. The fourth-order valence-electron chi connectivity index (χ4n) is 6.05. The number of nitrogens with one attached hydrogen (secondary N) is 1. The molecule has 4 aliphatic rings. The summed E-state index contributed by atoms with van der Waals surface area (Å²) in [4.78, 5) is 14.6. The number of hydrogen-bond donors (Lipinski definition) is 2. The summed E-state index contributed by atoms with van der Waals surface area (Å²) >= 11 is 0. The van der Waals surface area contributed by atoms with E-state index in [9.17, 15) is 4.79 Å². The van der Waals surface area contributed by atoms with Gasteiger partial charge >= 0.3 is 0 Å². The summed E-state index contributed by atoms with van der Waals surface area (Å²) in [6.07, 6.45) is 7.25. The Bertz CT molecular complexity index is 654. The highest BCUT2D eigenvalue weighted by Gasteiger charge is 2.60.